The highest BCUT2D eigenvalue weighted by molar-refractivity contribution is 7.13. The van der Waals surface area contributed by atoms with Gasteiger partial charge in [0.2, 0.25) is 0 Å². The van der Waals surface area contributed by atoms with Crippen molar-refractivity contribution >= 4 is 16.9 Å². The molecule has 1 aromatic carbocycles. The highest BCUT2D eigenvalue weighted by Gasteiger charge is 2.13. The van der Waals surface area contributed by atoms with Crippen molar-refractivity contribution in [2.24, 2.45) is 0 Å². The van der Waals surface area contributed by atoms with Crippen LogP contribution < -0.4 is 5.56 Å². The molecule has 3 heterocycles. The Morgan fingerprint density at radius 1 is 1.20 bits per heavy atom. The summed E-state index contributed by atoms with van der Waals surface area (Å²) in [4.78, 5) is 13.7. The van der Waals surface area contributed by atoms with Gasteiger partial charge in [-0.05, 0) is 35.2 Å². The van der Waals surface area contributed by atoms with Gasteiger partial charge in [0.25, 0.3) is 5.56 Å². The minimum absolute atomic E-state index is 0.0838. The summed E-state index contributed by atoms with van der Waals surface area (Å²) >= 11 is 1.56. The molecule has 4 rings (SSSR count). The van der Waals surface area contributed by atoms with E-state index in [1.807, 2.05) is 17.5 Å². The number of fused-ring (bicyclic) bond motifs is 1. The van der Waals surface area contributed by atoms with Gasteiger partial charge in [-0.1, -0.05) is 18.2 Å². The first-order chi connectivity index (χ1) is 12.1. The fourth-order valence-electron chi connectivity index (χ4n) is 2.69. The van der Waals surface area contributed by atoms with Crippen molar-refractivity contribution in [3.8, 4) is 10.6 Å². The van der Waals surface area contributed by atoms with Gasteiger partial charge in [0.05, 0.1) is 17.5 Å². The quantitative estimate of drug-likeness (QED) is 0.612. The van der Waals surface area contributed by atoms with Crippen molar-refractivity contribution in [1.82, 2.24) is 14.2 Å². The van der Waals surface area contributed by atoms with Crippen LogP contribution in [0.1, 0.15) is 11.7 Å². The average molecular weight is 355 g/mol. The van der Waals surface area contributed by atoms with Crippen LogP contribution in [0.3, 0.4) is 0 Å². The molecule has 0 aliphatic heterocycles. The first-order valence-corrected chi connectivity index (χ1v) is 8.56. The number of hydrogen-bond donors (Lipinski definition) is 1. The molecule has 0 bridgehead atoms. The third-order valence-electron chi connectivity index (χ3n) is 4.00. The number of aliphatic hydroxyl groups excluding tert-OH is 1. The van der Waals surface area contributed by atoms with E-state index in [-0.39, 0.29) is 17.9 Å². The molecule has 1 atom stereocenters. The minimum atomic E-state index is -0.902. The Morgan fingerprint density at radius 2 is 2.00 bits per heavy atom. The van der Waals surface area contributed by atoms with Gasteiger partial charge in [-0.15, -0.1) is 11.3 Å². The third-order valence-corrected chi connectivity index (χ3v) is 4.89. The molecule has 0 amide bonds. The summed E-state index contributed by atoms with van der Waals surface area (Å²) < 4.78 is 16.0. The van der Waals surface area contributed by atoms with Crippen molar-refractivity contribution in [1.29, 1.82) is 0 Å². The molecule has 126 valence electrons. The summed E-state index contributed by atoms with van der Waals surface area (Å²) in [6.45, 7) is 0.0838. The van der Waals surface area contributed by atoms with Crippen LogP contribution in [0.4, 0.5) is 4.39 Å². The highest BCUT2D eigenvalue weighted by Crippen LogP contribution is 2.23. The lowest BCUT2D eigenvalue weighted by Gasteiger charge is -2.13. The molecule has 1 unspecified atom stereocenters. The molecule has 5 nitrogen and oxygen atoms in total. The third kappa shape index (κ3) is 2.99. The Hall–Kier alpha value is -2.77. The summed E-state index contributed by atoms with van der Waals surface area (Å²) in [6, 6.07) is 11.2. The van der Waals surface area contributed by atoms with Gasteiger partial charge < -0.3 is 9.67 Å². The summed E-state index contributed by atoms with van der Waals surface area (Å²) in [5.74, 6) is -0.366. The summed E-state index contributed by atoms with van der Waals surface area (Å²) in [6.07, 6.45) is 2.37. The molecular formula is C18H14FN3O2S. The Labute approximate surface area is 146 Å². The maximum absolute atomic E-state index is 13.0. The zero-order valence-corrected chi connectivity index (χ0v) is 13.9. The standard InChI is InChI=1S/C18H14FN3O2S/c19-13-5-3-12(4-6-13)16(23)11-21-7-8-22-15(18(21)24)10-14(20-22)17-2-1-9-25-17/h1-10,16,23H,11H2. The van der Waals surface area contributed by atoms with Gasteiger partial charge >= 0.3 is 0 Å². The maximum Gasteiger partial charge on any atom is 0.276 e. The van der Waals surface area contributed by atoms with E-state index < -0.39 is 6.10 Å². The van der Waals surface area contributed by atoms with E-state index >= 15 is 0 Å². The topological polar surface area (TPSA) is 59.5 Å². The molecule has 0 fully saturated rings. The zero-order valence-electron chi connectivity index (χ0n) is 13.0. The van der Waals surface area contributed by atoms with Crippen molar-refractivity contribution in [3.05, 3.63) is 82.0 Å². The van der Waals surface area contributed by atoms with Crippen LogP contribution >= 0.6 is 11.3 Å². The maximum atomic E-state index is 13.0. The van der Waals surface area contributed by atoms with E-state index in [1.165, 1.54) is 33.3 Å². The molecular weight excluding hydrogens is 341 g/mol. The van der Waals surface area contributed by atoms with Crippen molar-refractivity contribution in [3.63, 3.8) is 0 Å². The largest absolute Gasteiger partial charge is 0.387 e. The molecule has 3 aromatic heterocycles. The smallest absolute Gasteiger partial charge is 0.276 e. The molecule has 7 heteroatoms. The number of hydrogen-bond acceptors (Lipinski definition) is 4. The second-order valence-electron chi connectivity index (χ2n) is 5.66. The van der Waals surface area contributed by atoms with Crippen molar-refractivity contribution in [2.75, 3.05) is 0 Å². The van der Waals surface area contributed by atoms with Gasteiger partial charge in [-0.3, -0.25) is 4.79 Å². The van der Waals surface area contributed by atoms with Gasteiger partial charge in [0.15, 0.2) is 0 Å². The van der Waals surface area contributed by atoms with Gasteiger partial charge in [-0.2, -0.15) is 5.10 Å². The molecule has 0 radical (unpaired) electrons. The van der Waals surface area contributed by atoms with E-state index in [0.29, 0.717) is 11.1 Å². The SMILES string of the molecule is O=c1c2cc(-c3cccs3)nn2ccn1CC(O)c1ccc(F)cc1. The van der Waals surface area contributed by atoms with Crippen LogP contribution in [0.2, 0.25) is 0 Å². The Morgan fingerprint density at radius 3 is 2.72 bits per heavy atom. The number of rotatable bonds is 4. The minimum Gasteiger partial charge on any atom is -0.387 e. The lowest BCUT2D eigenvalue weighted by Crippen LogP contribution is -2.24. The van der Waals surface area contributed by atoms with E-state index in [2.05, 4.69) is 5.10 Å². The molecule has 4 aromatic rings. The lowest BCUT2D eigenvalue weighted by atomic mass is 10.1. The van der Waals surface area contributed by atoms with Gasteiger partial charge in [-0.25, -0.2) is 8.91 Å². The molecule has 1 N–H and O–H groups in total. The van der Waals surface area contributed by atoms with E-state index in [1.54, 1.807) is 29.8 Å². The van der Waals surface area contributed by atoms with E-state index in [4.69, 9.17) is 0 Å². The summed E-state index contributed by atoms with van der Waals surface area (Å²) in [7, 11) is 0. The monoisotopic (exact) mass is 355 g/mol. The highest BCUT2D eigenvalue weighted by atomic mass is 32.1. The fraction of sp³-hybridized carbons (Fsp3) is 0.111. The second-order valence-corrected chi connectivity index (χ2v) is 6.61. The van der Waals surface area contributed by atoms with Crippen LogP contribution in [-0.2, 0) is 6.54 Å². The zero-order chi connectivity index (χ0) is 17.4. The fourth-order valence-corrected chi connectivity index (χ4v) is 3.37. The normalized spacial score (nSPS) is 12.6. The number of nitrogens with zero attached hydrogens (tertiary/aromatic N) is 3. The van der Waals surface area contributed by atoms with Gasteiger partial charge in [0.1, 0.15) is 17.0 Å². The molecule has 0 saturated carbocycles. The van der Waals surface area contributed by atoms with Crippen molar-refractivity contribution in [2.45, 2.75) is 12.6 Å². The first kappa shape index (κ1) is 15.7. The molecule has 0 saturated heterocycles. The van der Waals surface area contributed by atoms with Crippen LogP contribution in [0.25, 0.3) is 16.1 Å². The summed E-state index contributed by atoms with van der Waals surface area (Å²) in [5.41, 5.74) is 1.50. The summed E-state index contributed by atoms with van der Waals surface area (Å²) in [5, 5.41) is 16.7. The molecule has 0 aliphatic carbocycles. The Bertz CT molecular complexity index is 1070. The predicted octanol–water partition coefficient (Wildman–Crippen LogP) is 3.10. The van der Waals surface area contributed by atoms with Crippen LogP contribution in [-0.4, -0.2) is 19.3 Å². The number of benzene rings is 1. The number of halogens is 1. The predicted molar refractivity (Wildman–Crippen MR) is 94.1 cm³/mol. The molecule has 0 aliphatic rings. The number of thiophene rings is 1. The van der Waals surface area contributed by atoms with Crippen LogP contribution in [0, 0.1) is 5.82 Å². The lowest BCUT2D eigenvalue weighted by molar-refractivity contribution is 0.155. The van der Waals surface area contributed by atoms with Crippen molar-refractivity contribution < 1.29 is 9.50 Å². The second kappa shape index (κ2) is 6.27. The molecule has 25 heavy (non-hydrogen) atoms. The first-order valence-electron chi connectivity index (χ1n) is 7.68. The number of aliphatic hydroxyl groups is 1. The van der Waals surface area contributed by atoms with Gasteiger partial charge in [0, 0.05) is 12.4 Å². The van der Waals surface area contributed by atoms with Crippen LogP contribution in [0.15, 0.2) is 65.0 Å². The Kier molecular flexibility index (Phi) is 3.95. The van der Waals surface area contributed by atoms with E-state index in [9.17, 15) is 14.3 Å². The van der Waals surface area contributed by atoms with Crippen LogP contribution in [0.5, 0.6) is 0 Å². The number of aromatic nitrogens is 3. The molecule has 0 spiro atoms. The van der Waals surface area contributed by atoms with E-state index in [0.717, 1.165) is 10.6 Å². The Balaban J connectivity index is 1.67. The average Bonchev–Trinajstić information content (AvgIpc) is 3.27.